The number of hydrogen-bond donors (Lipinski definition) is 0. The molecule has 184 valence electrons. The molecule has 0 N–H and O–H groups in total. The van der Waals surface area contributed by atoms with Gasteiger partial charge in [0.25, 0.3) is 5.91 Å². The average Bonchev–Trinajstić information content (AvgIpc) is 3.55. The molecule has 1 aliphatic rings. The number of benzene rings is 2. The maximum Gasteiger partial charge on any atom is 0.274 e. The second kappa shape index (κ2) is 9.04. The summed E-state index contributed by atoms with van der Waals surface area (Å²) in [5.74, 6) is -0.400. The lowest BCUT2D eigenvalue weighted by molar-refractivity contribution is 0.0777. The molecule has 1 aliphatic heterocycles. The van der Waals surface area contributed by atoms with E-state index >= 15 is 0 Å². The summed E-state index contributed by atoms with van der Waals surface area (Å²) in [5, 5.41) is 14.8. The van der Waals surface area contributed by atoms with Gasteiger partial charge in [0.05, 0.1) is 16.8 Å². The number of carbonyl (C=O) groups excluding carboxylic acids is 1. The van der Waals surface area contributed by atoms with Crippen molar-refractivity contribution in [3.05, 3.63) is 64.3 Å². The van der Waals surface area contributed by atoms with Gasteiger partial charge in [-0.1, -0.05) is 11.6 Å². The molecule has 8 nitrogen and oxygen atoms in total. The number of likely N-dealkylation sites (N-methyl/N-ethyl adjacent to an activating group) is 1. The Hall–Kier alpha value is -3.74. The van der Waals surface area contributed by atoms with Crippen molar-refractivity contribution in [1.29, 1.82) is 5.26 Å². The molecule has 0 radical (unpaired) electrons. The number of aromatic nitrogens is 4. The third kappa shape index (κ3) is 3.92. The molecule has 0 aliphatic carbocycles. The molecule has 4 aromatic rings. The number of amides is 1. The van der Waals surface area contributed by atoms with E-state index in [1.165, 1.54) is 12.1 Å². The molecule has 3 heterocycles. The van der Waals surface area contributed by atoms with E-state index in [9.17, 15) is 9.18 Å². The zero-order valence-corrected chi connectivity index (χ0v) is 21.2. The topological polar surface area (TPSA) is 83.0 Å². The Balaban J connectivity index is 1.67. The van der Waals surface area contributed by atoms with Gasteiger partial charge in [0.15, 0.2) is 0 Å². The minimum absolute atomic E-state index is 0.0553. The van der Waals surface area contributed by atoms with Crippen LogP contribution in [0.3, 0.4) is 0 Å². The van der Waals surface area contributed by atoms with E-state index in [0.717, 1.165) is 17.3 Å². The Morgan fingerprint density at radius 3 is 2.69 bits per heavy atom. The zero-order chi connectivity index (χ0) is 25.7. The fourth-order valence-corrected chi connectivity index (χ4v) is 4.94. The van der Waals surface area contributed by atoms with Crippen molar-refractivity contribution in [2.75, 3.05) is 27.2 Å². The number of halogens is 2. The highest BCUT2D eigenvalue weighted by Crippen LogP contribution is 2.32. The number of hydrogen-bond acceptors (Lipinski definition) is 5. The van der Waals surface area contributed by atoms with Crippen molar-refractivity contribution in [1.82, 2.24) is 29.1 Å². The molecule has 0 unspecified atom stereocenters. The van der Waals surface area contributed by atoms with Crippen molar-refractivity contribution in [2.45, 2.75) is 19.4 Å². The largest absolute Gasteiger partial charge is 0.336 e. The highest BCUT2D eigenvalue weighted by Gasteiger charge is 2.32. The van der Waals surface area contributed by atoms with Crippen LogP contribution in [0.15, 0.2) is 36.4 Å². The molecule has 1 atom stereocenters. The van der Waals surface area contributed by atoms with Crippen LogP contribution in [0.25, 0.3) is 28.0 Å². The van der Waals surface area contributed by atoms with Crippen LogP contribution >= 0.6 is 11.6 Å². The first kappa shape index (κ1) is 24.0. The molecule has 0 spiro atoms. The van der Waals surface area contributed by atoms with Crippen LogP contribution in [-0.2, 0) is 7.05 Å². The summed E-state index contributed by atoms with van der Waals surface area (Å²) in [6.07, 6.45) is 0.891. The third-order valence-corrected chi connectivity index (χ3v) is 7.29. The molecule has 10 heteroatoms. The number of imidazole rings is 1. The predicted molar refractivity (Wildman–Crippen MR) is 136 cm³/mol. The summed E-state index contributed by atoms with van der Waals surface area (Å²) < 4.78 is 18.0. The Kier molecular flexibility index (Phi) is 6.02. The van der Waals surface area contributed by atoms with E-state index in [1.807, 2.05) is 54.8 Å². The van der Waals surface area contributed by atoms with E-state index in [2.05, 4.69) is 10.00 Å². The Bertz CT molecular complexity index is 1550. The minimum atomic E-state index is -0.644. The van der Waals surface area contributed by atoms with Gasteiger partial charge in [-0.2, -0.15) is 10.4 Å². The van der Waals surface area contributed by atoms with E-state index in [4.69, 9.17) is 21.8 Å². The predicted octanol–water partition coefficient (Wildman–Crippen LogP) is 4.17. The van der Waals surface area contributed by atoms with Gasteiger partial charge in [0.2, 0.25) is 0 Å². The number of fused-ring (bicyclic) bond motifs is 1. The molecule has 5 rings (SSSR count). The van der Waals surface area contributed by atoms with E-state index < -0.39 is 5.82 Å². The van der Waals surface area contributed by atoms with Gasteiger partial charge in [-0.25, -0.2) is 9.37 Å². The van der Waals surface area contributed by atoms with Crippen molar-refractivity contribution >= 4 is 28.4 Å². The molecule has 36 heavy (non-hydrogen) atoms. The van der Waals surface area contributed by atoms with Gasteiger partial charge < -0.3 is 9.80 Å². The first-order valence-electron chi connectivity index (χ1n) is 11.6. The normalized spacial score (nSPS) is 15.7. The number of nitriles is 1. The van der Waals surface area contributed by atoms with Gasteiger partial charge in [-0.05, 0) is 63.8 Å². The van der Waals surface area contributed by atoms with Crippen LogP contribution in [0.2, 0.25) is 5.15 Å². The quantitative estimate of drug-likeness (QED) is 0.415. The molecular formula is C26H25ClFN7O. The molecule has 1 fully saturated rings. The van der Waals surface area contributed by atoms with Crippen LogP contribution in [-0.4, -0.2) is 68.3 Å². The highest BCUT2D eigenvalue weighted by atomic mass is 35.5. The van der Waals surface area contributed by atoms with Crippen LogP contribution in [0.4, 0.5) is 4.39 Å². The van der Waals surface area contributed by atoms with Crippen molar-refractivity contribution < 1.29 is 9.18 Å². The van der Waals surface area contributed by atoms with Crippen molar-refractivity contribution in [3.63, 3.8) is 0 Å². The molecule has 1 saturated heterocycles. The lowest BCUT2D eigenvalue weighted by Crippen LogP contribution is -2.34. The maximum absolute atomic E-state index is 14.6. The zero-order valence-electron chi connectivity index (χ0n) is 20.5. The summed E-state index contributed by atoms with van der Waals surface area (Å²) in [6.45, 7) is 3.10. The molecular weight excluding hydrogens is 481 g/mol. The van der Waals surface area contributed by atoms with E-state index in [-0.39, 0.29) is 11.5 Å². The molecule has 2 aromatic heterocycles. The van der Waals surface area contributed by atoms with Gasteiger partial charge in [0.1, 0.15) is 28.6 Å². The summed E-state index contributed by atoms with van der Waals surface area (Å²) in [4.78, 5) is 22.2. The second-order valence-electron chi connectivity index (χ2n) is 9.28. The van der Waals surface area contributed by atoms with Crippen LogP contribution < -0.4 is 0 Å². The smallest absolute Gasteiger partial charge is 0.274 e. The number of carbonyl (C=O) groups is 1. The first-order chi connectivity index (χ1) is 17.2. The summed E-state index contributed by atoms with van der Waals surface area (Å²) in [5.41, 5.74) is 2.80. The lowest BCUT2D eigenvalue weighted by atomic mass is 10.1. The minimum Gasteiger partial charge on any atom is -0.336 e. The van der Waals surface area contributed by atoms with Gasteiger partial charge >= 0.3 is 0 Å². The fourth-order valence-electron chi connectivity index (χ4n) is 4.75. The van der Waals surface area contributed by atoms with E-state index in [1.54, 1.807) is 17.8 Å². The van der Waals surface area contributed by atoms with Crippen LogP contribution in [0.1, 0.15) is 28.2 Å². The SMILES string of the molecule is Cc1c(C(=O)N2CC[C@H](N(C)C)C2)nc(-c2ccc(C#N)c(F)c2)n1-c1ccc2nn(C)c(Cl)c2c1. The standard InChI is InChI=1S/C26H25ClFN7O/c1-15-23(26(36)34-10-9-19(14-34)32(2)3)30-25(16-5-6-17(13-29)21(28)11-16)35(15)18-7-8-22-20(12-18)24(27)33(4)31-22/h5-8,11-12,19H,9-10,14H2,1-4H3/t19-/m0/s1. The monoisotopic (exact) mass is 505 g/mol. The highest BCUT2D eigenvalue weighted by molar-refractivity contribution is 6.34. The molecule has 2 aromatic carbocycles. The number of aryl methyl sites for hydroxylation is 1. The Morgan fingerprint density at radius 1 is 1.25 bits per heavy atom. The lowest BCUT2D eigenvalue weighted by Gasteiger charge is -2.20. The Labute approximate surface area is 213 Å². The number of nitrogens with zero attached hydrogens (tertiary/aromatic N) is 7. The van der Waals surface area contributed by atoms with Gasteiger partial charge in [0, 0.05) is 42.8 Å². The molecule has 0 saturated carbocycles. The van der Waals surface area contributed by atoms with E-state index in [0.29, 0.717) is 52.7 Å². The van der Waals surface area contributed by atoms with Crippen molar-refractivity contribution in [3.8, 4) is 23.1 Å². The van der Waals surface area contributed by atoms with Crippen LogP contribution in [0, 0.1) is 24.1 Å². The first-order valence-corrected chi connectivity index (χ1v) is 11.9. The summed E-state index contributed by atoms with van der Waals surface area (Å²) in [6, 6.07) is 12.1. The Morgan fingerprint density at radius 2 is 2.03 bits per heavy atom. The molecule has 1 amide bonds. The summed E-state index contributed by atoms with van der Waals surface area (Å²) in [7, 11) is 5.79. The number of rotatable bonds is 4. The van der Waals surface area contributed by atoms with Gasteiger partial charge in [-0.3, -0.25) is 14.0 Å². The number of likely N-dealkylation sites (tertiary alicyclic amines) is 1. The maximum atomic E-state index is 14.6. The van der Waals surface area contributed by atoms with Crippen molar-refractivity contribution in [2.24, 2.45) is 7.05 Å². The van der Waals surface area contributed by atoms with Crippen LogP contribution in [0.5, 0.6) is 0 Å². The fraction of sp³-hybridized carbons (Fsp3) is 0.308. The average molecular weight is 506 g/mol. The van der Waals surface area contributed by atoms with Gasteiger partial charge in [-0.15, -0.1) is 0 Å². The third-order valence-electron chi connectivity index (χ3n) is 6.84. The second-order valence-corrected chi connectivity index (χ2v) is 9.64. The molecule has 0 bridgehead atoms. The summed E-state index contributed by atoms with van der Waals surface area (Å²) >= 11 is 6.46.